The van der Waals surface area contributed by atoms with Crippen LogP contribution in [0.15, 0.2) is 39.9 Å². The molecule has 1 heterocycles. The fourth-order valence-electron chi connectivity index (χ4n) is 2.53. The molecule has 1 aromatic carbocycles. The normalized spacial score (nSPS) is 12.0. The van der Waals surface area contributed by atoms with Gasteiger partial charge in [0, 0.05) is 24.9 Å². The lowest BCUT2D eigenvalue weighted by Crippen LogP contribution is -2.30. The molecule has 1 amide bonds. The first-order valence-corrected chi connectivity index (χ1v) is 10.8. The Hall–Kier alpha value is -1.96. The third kappa shape index (κ3) is 4.60. The fourth-order valence-corrected chi connectivity index (χ4v) is 4.73. The monoisotopic (exact) mass is 392 g/mol. The van der Waals surface area contributed by atoms with Gasteiger partial charge < -0.3 is 5.32 Å². The van der Waals surface area contributed by atoms with Gasteiger partial charge >= 0.3 is 0 Å². The van der Waals surface area contributed by atoms with Crippen molar-refractivity contribution in [2.24, 2.45) is 0 Å². The lowest BCUT2D eigenvalue weighted by molar-refractivity contribution is -0.111. The molecule has 0 saturated carbocycles. The second-order valence-electron chi connectivity index (χ2n) is 5.88. The molecular formula is C19H24N2O3S2. The number of hydrogen-bond acceptors (Lipinski definition) is 4. The van der Waals surface area contributed by atoms with Crippen LogP contribution in [0.3, 0.4) is 0 Å². The van der Waals surface area contributed by atoms with E-state index < -0.39 is 10.0 Å². The number of nitrogens with zero attached hydrogens (tertiary/aromatic N) is 1. The van der Waals surface area contributed by atoms with Crippen LogP contribution in [-0.4, -0.2) is 31.7 Å². The molecule has 140 valence electrons. The van der Waals surface area contributed by atoms with E-state index in [0.717, 1.165) is 16.7 Å². The van der Waals surface area contributed by atoms with Gasteiger partial charge in [0.1, 0.15) is 0 Å². The van der Waals surface area contributed by atoms with Gasteiger partial charge in [0.05, 0.1) is 4.90 Å². The van der Waals surface area contributed by atoms with E-state index in [2.05, 4.69) is 5.32 Å². The van der Waals surface area contributed by atoms with Crippen LogP contribution >= 0.6 is 11.3 Å². The summed E-state index contributed by atoms with van der Waals surface area (Å²) in [6.07, 6.45) is 3.17. The van der Waals surface area contributed by atoms with Crippen molar-refractivity contribution in [3.8, 4) is 0 Å². The van der Waals surface area contributed by atoms with E-state index in [0.29, 0.717) is 18.8 Å². The summed E-state index contributed by atoms with van der Waals surface area (Å²) in [5.41, 5.74) is 3.13. The summed E-state index contributed by atoms with van der Waals surface area (Å²) in [5, 5.41) is 6.67. The van der Waals surface area contributed by atoms with Crippen LogP contribution < -0.4 is 5.32 Å². The second kappa shape index (κ2) is 8.62. The molecule has 0 spiro atoms. The summed E-state index contributed by atoms with van der Waals surface area (Å²) >= 11 is 1.56. The third-order valence-electron chi connectivity index (χ3n) is 4.21. The summed E-state index contributed by atoms with van der Waals surface area (Å²) in [6.45, 7) is 8.11. The zero-order chi connectivity index (χ0) is 19.3. The van der Waals surface area contributed by atoms with Gasteiger partial charge in [0.25, 0.3) is 0 Å². The van der Waals surface area contributed by atoms with Crippen LogP contribution in [0.25, 0.3) is 6.08 Å². The highest BCUT2D eigenvalue weighted by Crippen LogP contribution is 2.26. The summed E-state index contributed by atoms with van der Waals surface area (Å²) < 4.78 is 27.0. The van der Waals surface area contributed by atoms with Crippen molar-refractivity contribution in [3.05, 3.63) is 51.7 Å². The Kier molecular flexibility index (Phi) is 6.75. The van der Waals surface area contributed by atoms with E-state index in [4.69, 9.17) is 0 Å². The first-order valence-electron chi connectivity index (χ1n) is 8.42. The van der Waals surface area contributed by atoms with Gasteiger partial charge in [-0.05, 0) is 65.6 Å². The lowest BCUT2D eigenvalue weighted by Gasteiger charge is -2.20. The van der Waals surface area contributed by atoms with Gasteiger partial charge in [-0.1, -0.05) is 13.8 Å². The highest BCUT2D eigenvalue weighted by molar-refractivity contribution is 7.89. The maximum Gasteiger partial charge on any atom is 0.248 e. The molecule has 5 nitrogen and oxygen atoms in total. The van der Waals surface area contributed by atoms with Crippen molar-refractivity contribution in [2.75, 3.05) is 18.4 Å². The van der Waals surface area contributed by atoms with Gasteiger partial charge in [-0.15, -0.1) is 0 Å². The van der Waals surface area contributed by atoms with Crippen molar-refractivity contribution in [1.82, 2.24) is 4.31 Å². The summed E-state index contributed by atoms with van der Waals surface area (Å²) in [6, 6.07) is 5.10. The van der Waals surface area contributed by atoms with Crippen LogP contribution in [0.2, 0.25) is 0 Å². The standard InChI is InChI=1S/C19H24N2O3S2/c1-5-21(6-2)26(23,24)17-11-14(3)15(4)18(12-17)20-19(22)8-7-16-9-10-25-13-16/h7-13H,5-6H2,1-4H3,(H,20,22)/b8-7+. The molecule has 26 heavy (non-hydrogen) atoms. The SMILES string of the molecule is CCN(CC)S(=O)(=O)c1cc(C)c(C)c(NC(=O)/C=C/c2ccsc2)c1. The minimum atomic E-state index is -3.58. The quantitative estimate of drug-likeness (QED) is 0.723. The Labute approximate surface area is 159 Å². The van der Waals surface area contributed by atoms with E-state index >= 15 is 0 Å². The molecule has 2 aromatic rings. The molecule has 7 heteroatoms. The van der Waals surface area contributed by atoms with Gasteiger partial charge in [-0.3, -0.25) is 4.79 Å². The number of thiophene rings is 1. The first kappa shape index (κ1) is 20.4. The van der Waals surface area contributed by atoms with E-state index in [1.165, 1.54) is 16.4 Å². The van der Waals surface area contributed by atoms with Gasteiger partial charge in [0.15, 0.2) is 0 Å². The molecule has 0 aliphatic carbocycles. The fraction of sp³-hybridized carbons (Fsp3) is 0.316. The molecule has 0 atom stereocenters. The molecule has 0 bridgehead atoms. The number of carbonyl (C=O) groups excluding carboxylic acids is 1. The topological polar surface area (TPSA) is 66.5 Å². The highest BCUT2D eigenvalue weighted by atomic mass is 32.2. The summed E-state index contributed by atoms with van der Waals surface area (Å²) in [5.74, 6) is -0.295. The Bertz CT molecular complexity index is 897. The lowest BCUT2D eigenvalue weighted by atomic mass is 10.1. The maximum absolute atomic E-state index is 12.8. The van der Waals surface area contributed by atoms with Gasteiger partial charge in [0.2, 0.25) is 15.9 Å². The molecule has 2 rings (SSSR count). The minimum Gasteiger partial charge on any atom is -0.322 e. The molecule has 0 aliphatic rings. The predicted octanol–water partition coefficient (Wildman–Crippen LogP) is 4.05. The molecule has 0 saturated heterocycles. The molecule has 0 aliphatic heterocycles. The number of amides is 1. The van der Waals surface area contributed by atoms with Crippen molar-refractivity contribution in [3.63, 3.8) is 0 Å². The number of anilines is 1. The number of hydrogen-bond donors (Lipinski definition) is 1. The Balaban J connectivity index is 2.32. The largest absolute Gasteiger partial charge is 0.322 e. The Morgan fingerprint density at radius 1 is 1.23 bits per heavy atom. The van der Waals surface area contributed by atoms with Crippen LogP contribution in [0.4, 0.5) is 5.69 Å². The molecule has 0 fully saturated rings. The first-order chi connectivity index (χ1) is 12.3. The number of carbonyl (C=O) groups is 1. The van der Waals surface area contributed by atoms with E-state index in [-0.39, 0.29) is 10.8 Å². The molecule has 1 aromatic heterocycles. The van der Waals surface area contributed by atoms with E-state index in [1.807, 2.05) is 30.7 Å². The average Bonchev–Trinajstić information content (AvgIpc) is 3.11. The molecular weight excluding hydrogens is 368 g/mol. The van der Waals surface area contributed by atoms with Crippen molar-refractivity contribution in [1.29, 1.82) is 0 Å². The summed E-state index contributed by atoms with van der Waals surface area (Å²) in [4.78, 5) is 12.4. The van der Waals surface area contributed by atoms with Crippen molar-refractivity contribution < 1.29 is 13.2 Å². The van der Waals surface area contributed by atoms with E-state index in [1.54, 1.807) is 37.3 Å². The average molecular weight is 393 g/mol. The van der Waals surface area contributed by atoms with Crippen LogP contribution in [-0.2, 0) is 14.8 Å². The van der Waals surface area contributed by atoms with Crippen molar-refractivity contribution in [2.45, 2.75) is 32.6 Å². The second-order valence-corrected chi connectivity index (χ2v) is 8.60. The molecule has 0 radical (unpaired) electrons. The van der Waals surface area contributed by atoms with Gasteiger partial charge in [-0.25, -0.2) is 8.42 Å². The number of aryl methyl sites for hydroxylation is 1. The zero-order valence-electron chi connectivity index (χ0n) is 15.4. The van der Waals surface area contributed by atoms with Crippen molar-refractivity contribution >= 4 is 39.0 Å². The summed E-state index contributed by atoms with van der Waals surface area (Å²) in [7, 11) is -3.58. The smallest absolute Gasteiger partial charge is 0.248 e. The molecule has 0 unspecified atom stereocenters. The molecule has 1 N–H and O–H groups in total. The van der Waals surface area contributed by atoms with Crippen LogP contribution in [0.5, 0.6) is 0 Å². The Morgan fingerprint density at radius 2 is 1.92 bits per heavy atom. The van der Waals surface area contributed by atoms with Crippen LogP contribution in [0, 0.1) is 13.8 Å². The van der Waals surface area contributed by atoms with Crippen LogP contribution in [0.1, 0.15) is 30.5 Å². The predicted molar refractivity (Wildman–Crippen MR) is 108 cm³/mol. The number of sulfonamides is 1. The number of rotatable bonds is 7. The number of nitrogens with one attached hydrogen (secondary N) is 1. The van der Waals surface area contributed by atoms with Gasteiger partial charge in [-0.2, -0.15) is 15.6 Å². The third-order valence-corrected chi connectivity index (χ3v) is 6.94. The van der Waals surface area contributed by atoms with E-state index in [9.17, 15) is 13.2 Å². The Morgan fingerprint density at radius 3 is 2.50 bits per heavy atom. The maximum atomic E-state index is 12.8. The minimum absolute atomic E-state index is 0.196. The zero-order valence-corrected chi connectivity index (χ0v) is 17.1. The number of benzene rings is 1. The highest BCUT2D eigenvalue weighted by Gasteiger charge is 2.23.